The van der Waals surface area contributed by atoms with Gasteiger partial charge >= 0.3 is 0 Å². The first-order valence-corrected chi connectivity index (χ1v) is 20.1. The molecule has 1 atom stereocenters. The largest absolute Gasteiger partial charge is 0.360 e. The van der Waals surface area contributed by atoms with Crippen molar-refractivity contribution in [2.24, 2.45) is 9.98 Å². The lowest BCUT2D eigenvalue weighted by Crippen LogP contribution is -2.25. The average Bonchev–Trinajstić information content (AvgIpc) is 3.29. The van der Waals surface area contributed by atoms with Crippen LogP contribution in [0.1, 0.15) is 78.7 Å². The molecule has 0 saturated heterocycles. The zero-order valence-electron chi connectivity index (χ0n) is 33.4. The van der Waals surface area contributed by atoms with Gasteiger partial charge in [0, 0.05) is 22.2 Å². The van der Waals surface area contributed by atoms with E-state index in [1.807, 2.05) is 36.4 Å². The third-order valence-corrected chi connectivity index (χ3v) is 11.1. The molecule has 1 aliphatic carbocycles. The predicted octanol–water partition coefficient (Wildman–Crippen LogP) is 13.0. The van der Waals surface area contributed by atoms with Crippen LogP contribution in [0.3, 0.4) is 0 Å². The summed E-state index contributed by atoms with van der Waals surface area (Å²) < 4.78 is 0. The van der Waals surface area contributed by atoms with Gasteiger partial charge in [-0.3, -0.25) is 10.4 Å². The number of aliphatic imine (C=N–C) groups is 2. The normalized spacial score (nSPS) is 15.8. The van der Waals surface area contributed by atoms with Crippen molar-refractivity contribution in [2.75, 3.05) is 0 Å². The van der Waals surface area contributed by atoms with E-state index in [1.165, 1.54) is 22.3 Å². The number of allylic oxidation sites excluding steroid dienone is 5. The van der Waals surface area contributed by atoms with Crippen LogP contribution in [-0.4, -0.2) is 17.3 Å². The van der Waals surface area contributed by atoms with Crippen LogP contribution in [0.15, 0.2) is 209 Å². The van der Waals surface area contributed by atoms with E-state index in [4.69, 9.17) is 15.4 Å². The van der Waals surface area contributed by atoms with Gasteiger partial charge < -0.3 is 5.32 Å². The molecular weight excluding hydrogens is 705 g/mol. The summed E-state index contributed by atoms with van der Waals surface area (Å²) in [6.45, 7) is 6.66. The molecule has 6 aromatic rings. The molecular formula is C54H48N4. The summed E-state index contributed by atoms with van der Waals surface area (Å²) in [4.78, 5) is 10.1. The standard InChI is InChI=1S/C54H48N4/c1-38(51(42-19-10-5-11-20-42)58-52(55)43-21-12-6-13-22-43)35-39-27-31-47(32-28-39)54(2,3)48-33-29-41(30-34-48)49-37-50(57-53(56-49)44-23-14-7-15-24-44)46-26-16-25-45(36-46)40-17-8-4-9-18-40/h4-12,14-21,23-37,53,55-56H,13,22H2,1-3H3/b38-35+,55-52?,58-51?. The molecule has 58 heavy (non-hydrogen) atoms. The van der Waals surface area contributed by atoms with Crippen LogP contribution in [0.4, 0.5) is 0 Å². The molecule has 4 heteroatoms. The highest BCUT2D eigenvalue weighted by atomic mass is 15.1. The van der Waals surface area contributed by atoms with Gasteiger partial charge in [-0.2, -0.15) is 0 Å². The Morgan fingerprint density at radius 1 is 0.707 bits per heavy atom. The molecule has 0 saturated carbocycles. The van der Waals surface area contributed by atoms with Crippen molar-refractivity contribution in [3.8, 4) is 11.1 Å². The molecule has 0 bridgehead atoms. The minimum absolute atomic E-state index is 0.210. The Bertz CT molecular complexity index is 2590. The van der Waals surface area contributed by atoms with E-state index in [0.29, 0.717) is 5.84 Å². The molecule has 0 radical (unpaired) electrons. The maximum atomic E-state index is 8.78. The van der Waals surface area contributed by atoms with Crippen LogP contribution in [0.25, 0.3) is 22.9 Å². The van der Waals surface area contributed by atoms with Crippen LogP contribution in [-0.2, 0) is 5.41 Å². The smallest absolute Gasteiger partial charge is 0.148 e. The number of amidine groups is 1. The number of hydrogen-bond acceptors (Lipinski definition) is 3. The van der Waals surface area contributed by atoms with Gasteiger partial charge in [-0.25, -0.2) is 4.99 Å². The second-order valence-electron chi connectivity index (χ2n) is 15.5. The molecule has 1 unspecified atom stereocenters. The van der Waals surface area contributed by atoms with Crippen LogP contribution in [0.5, 0.6) is 0 Å². The van der Waals surface area contributed by atoms with Crippen molar-refractivity contribution in [3.63, 3.8) is 0 Å². The monoisotopic (exact) mass is 752 g/mol. The second kappa shape index (κ2) is 17.1. The molecule has 2 aliphatic rings. The molecule has 0 amide bonds. The van der Waals surface area contributed by atoms with Crippen molar-refractivity contribution >= 4 is 29.0 Å². The molecule has 1 aliphatic heterocycles. The molecule has 2 N–H and O–H groups in total. The molecule has 284 valence electrons. The fourth-order valence-electron chi connectivity index (χ4n) is 7.65. The topological polar surface area (TPSA) is 60.6 Å². The lowest BCUT2D eigenvalue weighted by atomic mass is 9.77. The van der Waals surface area contributed by atoms with Crippen molar-refractivity contribution in [2.45, 2.75) is 45.2 Å². The maximum absolute atomic E-state index is 8.78. The van der Waals surface area contributed by atoms with Crippen molar-refractivity contribution in [3.05, 3.63) is 238 Å². The Labute approximate surface area is 343 Å². The summed E-state index contributed by atoms with van der Waals surface area (Å²) in [5.74, 6) is 0.327. The summed E-state index contributed by atoms with van der Waals surface area (Å²) in [6, 6.07) is 57.6. The molecule has 1 heterocycles. The Morgan fingerprint density at radius 3 is 2.00 bits per heavy atom. The van der Waals surface area contributed by atoms with Gasteiger partial charge in [0.25, 0.3) is 0 Å². The van der Waals surface area contributed by atoms with Crippen LogP contribution < -0.4 is 5.32 Å². The second-order valence-corrected chi connectivity index (χ2v) is 15.5. The number of hydrogen-bond donors (Lipinski definition) is 2. The molecule has 0 spiro atoms. The number of benzene rings is 6. The zero-order chi connectivity index (χ0) is 39.9. The number of nitrogens with zero attached hydrogens (tertiary/aromatic N) is 2. The first-order valence-electron chi connectivity index (χ1n) is 20.1. The van der Waals surface area contributed by atoms with E-state index in [9.17, 15) is 0 Å². The Kier molecular flexibility index (Phi) is 11.2. The fourth-order valence-corrected chi connectivity index (χ4v) is 7.65. The van der Waals surface area contributed by atoms with E-state index in [-0.39, 0.29) is 11.6 Å². The van der Waals surface area contributed by atoms with Gasteiger partial charge in [0.15, 0.2) is 0 Å². The van der Waals surface area contributed by atoms with Crippen molar-refractivity contribution in [1.29, 1.82) is 5.41 Å². The van der Waals surface area contributed by atoms with E-state index in [2.05, 4.69) is 184 Å². The van der Waals surface area contributed by atoms with Gasteiger partial charge in [-0.15, -0.1) is 0 Å². The summed E-state index contributed by atoms with van der Waals surface area (Å²) in [5.41, 5.74) is 14.8. The van der Waals surface area contributed by atoms with Crippen LogP contribution >= 0.6 is 0 Å². The van der Waals surface area contributed by atoms with E-state index >= 15 is 0 Å². The predicted molar refractivity (Wildman–Crippen MR) is 245 cm³/mol. The van der Waals surface area contributed by atoms with E-state index in [0.717, 1.165) is 68.9 Å². The number of rotatable bonds is 10. The number of nitrogens with one attached hydrogen (secondary N) is 2. The minimum atomic E-state index is -0.227. The first kappa shape index (κ1) is 38.0. The third-order valence-electron chi connectivity index (χ3n) is 11.1. The lowest BCUT2D eigenvalue weighted by Gasteiger charge is -2.28. The molecule has 0 aromatic heterocycles. The average molecular weight is 753 g/mol. The molecule has 4 nitrogen and oxygen atoms in total. The Hall–Kier alpha value is -6.91. The SMILES string of the molecule is C/C(=C\c1ccc(C(C)(C)c2ccc(C3=CC(c4cccc(-c5ccccc5)c4)=NC(c4ccccc4)N3)cc2)cc1)C(=NC(=N)C1=CC=CCC1)c1ccccc1. The summed E-state index contributed by atoms with van der Waals surface area (Å²) in [6.07, 6.45) is 12.1. The molecule has 0 fully saturated rings. The lowest BCUT2D eigenvalue weighted by molar-refractivity contribution is 0.640. The van der Waals surface area contributed by atoms with Gasteiger partial charge in [-0.05, 0) is 88.1 Å². The highest BCUT2D eigenvalue weighted by Gasteiger charge is 2.25. The molecule has 8 rings (SSSR count). The quantitative estimate of drug-likeness (QED) is 0.106. The van der Waals surface area contributed by atoms with Crippen LogP contribution in [0.2, 0.25) is 0 Å². The zero-order valence-corrected chi connectivity index (χ0v) is 33.4. The van der Waals surface area contributed by atoms with Crippen molar-refractivity contribution in [1.82, 2.24) is 5.32 Å². The van der Waals surface area contributed by atoms with Gasteiger partial charge in [0.2, 0.25) is 0 Å². The van der Waals surface area contributed by atoms with E-state index < -0.39 is 0 Å². The fraction of sp³-hybridized carbons (Fsp3) is 0.130. The summed E-state index contributed by atoms with van der Waals surface area (Å²) >= 11 is 0. The minimum Gasteiger partial charge on any atom is -0.360 e. The van der Waals surface area contributed by atoms with Gasteiger partial charge in [0.05, 0.1) is 11.4 Å². The third kappa shape index (κ3) is 8.57. The summed E-state index contributed by atoms with van der Waals surface area (Å²) in [7, 11) is 0. The molecule has 6 aromatic carbocycles. The Morgan fingerprint density at radius 2 is 1.33 bits per heavy atom. The van der Waals surface area contributed by atoms with Crippen molar-refractivity contribution < 1.29 is 0 Å². The van der Waals surface area contributed by atoms with Gasteiger partial charge in [-0.1, -0.05) is 190 Å². The first-order chi connectivity index (χ1) is 28.3. The highest BCUT2D eigenvalue weighted by Crippen LogP contribution is 2.34. The maximum Gasteiger partial charge on any atom is 0.148 e. The van der Waals surface area contributed by atoms with Crippen LogP contribution in [0, 0.1) is 5.41 Å². The highest BCUT2D eigenvalue weighted by molar-refractivity contribution is 6.20. The van der Waals surface area contributed by atoms with Gasteiger partial charge in [0.1, 0.15) is 12.0 Å². The van der Waals surface area contributed by atoms with E-state index in [1.54, 1.807) is 0 Å². The Balaban J connectivity index is 1.04. The summed E-state index contributed by atoms with van der Waals surface area (Å²) in [5, 5.41) is 12.5.